The van der Waals surface area contributed by atoms with Gasteiger partial charge in [-0.05, 0) is 17.7 Å². The summed E-state index contributed by atoms with van der Waals surface area (Å²) in [4.78, 5) is 19.8. The first-order valence-corrected chi connectivity index (χ1v) is 10.4. The van der Waals surface area contributed by atoms with E-state index in [0.717, 1.165) is 22.2 Å². The molecule has 2 heterocycles. The first-order valence-electron chi connectivity index (χ1n) is 9.52. The van der Waals surface area contributed by atoms with E-state index in [1.165, 1.54) is 11.8 Å². The summed E-state index contributed by atoms with van der Waals surface area (Å²) in [6.45, 7) is 2.40. The van der Waals surface area contributed by atoms with Crippen molar-refractivity contribution in [3.05, 3.63) is 72.6 Å². The third-order valence-corrected chi connectivity index (χ3v) is 6.03. The van der Waals surface area contributed by atoms with E-state index in [2.05, 4.69) is 4.98 Å². The van der Waals surface area contributed by atoms with Gasteiger partial charge in [0.2, 0.25) is 5.91 Å². The summed E-state index contributed by atoms with van der Waals surface area (Å²) in [6.07, 6.45) is 3.65. The SMILES string of the molecule is COc1cccc(-n2ccnc2SC(C(=O)N2CCOCC2)c2ccccc2)c1. The molecule has 0 N–H and O–H groups in total. The van der Waals surface area contributed by atoms with Gasteiger partial charge in [0.05, 0.1) is 26.0 Å². The molecular formula is C22H23N3O3S. The van der Waals surface area contributed by atoms with Crippen LogP contribution in [0.15, 0.2) is 72.1 Å². The van der Waals surface area contributed by atoms with Crippen molar-refractivity contribution in [2.24, 2.45) is 0 Å². The highest BCUT2D eigenvalue weighted by atomic mass is 32.2. The van der Waals surface area contributed by atoms with Gasteiger partial charge in [0, 0.05) is 31.5 Å². The maximum absolute atomic E-state index is 13.4. The van der Waals surface area contributed by atoms with Gasteiger partial charge in [-0.2, -0.15) is 0 Å². The van der Waals surface area contributed by atoms with Crippen molar-refractivity contribution < 1.29 is 14.3 Å². The van der Waals surface area contributed by atoms with Crippen LogP contribution in [0.1, 0.15) is 10.8 Å². The molecule has 1 aliphatic heterocycles. The van der Waals surface area contributed by atoms with Gasteiger partial charge in [-0.25, -0.2) is 4.98 Å². The molecule has 0 aliphatic carbocycles. The van der Waals surface area contributed by atoms with Crippen LogP contribution in [0.5, 0.6) is 5.75 Å². The van der Waals surface area contributed by atoms with Crippen molar-refractivity contribution in [2.75, 3.05) is 33.4 Å². The number of rotatable bonds is 6. The first-order chi connectivity index (χ1) is 14.3. The van der Waals surface area contributed by atoms with Crippen molar-refractivity contribution in [1.29, 1.82) is 0 Å². The molecule has 2 aromatic carbocycles. The van der Waals surface area contributed by atoms with Crippen molar-refractivity contribution in [3.8, 4) is 11.4 Å². The van der Waals surface area contributed by atoms with Crippen LogP contribution in [0.2, 0.25) is 0 Å². The zero-order chi connectivity index (χ0) is 20.1. The molecule has 1 atom stereocenters. The van der Waals surface area contributed by atoms with Gasteiger partial charge in [0.1, 0.15) is 11.0 Å². The highest BCUT2D eigenvalue weighted by molar-refractivity contribution is 8.00. The average molecular weight is 410 g/mol. The lowest BCUT2D eigenvalue weighted by Gasteiger charge is -2.30. The zero-order valence-corrected chi connectivity index (χ0v) is 17.0. The smallest absolute Gasteiger partial charge is 0.240 e. The summed E-state index contributed by atoms with van der Waals surface area (Å²) >= 11 is 1.46. The second-order valence-corrected chi connectivity index (χ2v) is 7.70. The summed E-state index contributed by atoms with van der Waals surface area (Å²) in [6, 6.07) is 17.7. The number of thioether (sulfide) groups is 1. The summed E-state index contributed by atoms with van der Waals surface area (Å²) < 4.78 is 12.7. The lowest BCUT2D eigenvalue weighted by molar-refractivity contribution is -0.134. The van der Waals surface area contributed by atoms with Gasteiger partial charge in [-0.3, -0.25) is 9.36 Å². The van der Waals surface area contributed by atoms with E-state index >= 15 is 0 Å². The molecule has 1 fully saturated rings. The van der Waals surface area contributed by atoms with Crippen molar-refractivity contribution in [1.82, 2.24) is 14.5 Å². The molecule has 0 radical (unpaired) electrons. The number of carbonyl (C=O) groups is 1. The number of nitrogens with zero attached hydrogens (tertiary/aromatic N) is 3. The predicted octanol–water partition coefficient (Wildman–Crippen LogP) is 3.57. The fourth-order valence-electron chi connectivity index (χ4n) is 3.28. The van der Waals surface area contributed by atoms with E-state index in [1.807, 2.05) is 70.3 Å². The zero-order valence-electron chi connectivity index (χ0n) is 16.2. The summed E-state index contributed by atoms with van der Waals surface area (Å²) in [5.74, 6) is 0.862. The van der Waals surface area contributed by atoms with Crippen LogP contribution in [-0.2, 0) is 9.53 Å². The first kappa shape index (κ1) is 19.5. The van der Waals surface area contributed by atoms with Gasteiger partial charge in [-0.15, -0.1) is 0 Å². The molecular weight excluding hydrogens is 386 g/mol. The minimum absolute atomic E-state index is 0.0877. The molecule has 1 saturated heterocycles. The van der Waals surface area contributed by atoms with E-state index in [4.69, 9.17) is 9.47 Å². The fraction of sp³-hybridized carbons (Fsp3) is 0.273. The third-order valence-electron chi connectivity index (χ3n) is 4.81. The van der Waals surface area contributed by atoms with Crippen molar-refractivity contribution in [2.45, 2.75) is 10.4 Å². The number of aromatic nitrogens is 2. The fourth-order valence-corrected chi connectivity index (χ4v) is 4.43. The Kier molecular flexibility index (Phi) is 6.17. The number of morpholine rings is 1. The Morgan fingerprint density at radius 3 is 2.69 bits per heavy atom. The number of benzene rings is 2. The second kappa shape index (κ2) is 9.15. The molecule has 150 valence electrons. The molecule has 1 amide bonds. The van der Waals surface area contributed by atoms with Gasteiger partial charge in [0.15, 0.2) is 5.16 Å². The monoisotopic (exact) mass is 409 g/mol. The number of ether oxygens (including phenoxy) is 2. The summed E-state index contributed by atoms with van der Waals surface area (Å²) in [7, 11) is 1.65. The Hall–Kier alpha value is -2.77. The highest BCUT2D eigenvalue weighted by Gasteiger charge is 2.29. The normalized spacial score (nSPS) is 15.1. The predicted molar refractivity (Wildman–Crippen MR) is 113 cm³/mol. The Bertz CT molecular complexity index is 955. The number of methoxy groups -OCH3 is 1. The number of hydrogen-bond donors (Lipinski definition) is 0. The molecule has 1 unspecified atom stereocenters. The number of hydrogen-bond acceptors (Lipinski definition) is 5. The average Bonchev–Trinajstić information content (AvgIpc) is 3.26. The molecule has 0 saturated carbocycles. The molecule has 29 heavy (non-hydrogen) atoms. The van der Waals surface area contributed by atoms with Crippen LogP contribution in [0.4, 0.5) is 0 Å². The van der Waals surface area contributed by atoms with Crippen LogP contribution in [0.3, 0.4) is 0 Å². The Balaban J connectivity index is 1.65. The van der Waals surface area contributed by atoms with Crippen molar-refractivity contribution in [3.63, 3.8) is 0 Å². The number of imidazole rings is 1. The standard InChI is InChI=1S/C22H23N3O3S/c1-27-19-9-5-8-18(16-19)25-11-10-23-22(25)29-20(17-6-3-2-4-7-17)21(26)24-12-14-28-15-13-24/h2-11,16,20H,12-15H2,1H3. The van der Waals surface area contributed by atoms with E-state index < -0.39 is 0 Å². The number of amides is 1. The Morgan fingerprint density at radius 1 is 1.14 bits per heavy atom. The molecule has 0 bridgehead atoms. The van der Waals surface area contributed by atoms with E-state index in [0.29, 0.717) is 26.3 Å². The summed E-state index contributed by atoms with van der Waals surface area (Å²) in [5, 5.41) is 0.384. The van der Waals surface area contributed by atoms with Gasteiger partial charge in [-0.1, -0.05) is 48.2 Å². The van der Waals surface area contributed by atoms with Crippen LogP contribution in [0, 0.1) is 0 Å². The second-order valence-electron chi connectivity index (χ2n) is 6.63. The van der Waals surface area contributed by atoms with Crippen LogP contribution < -0.4 is 4.74 Å². The molecule has 7 heteroatoms. The van der Waals surface area contributed by atoms with Gasteiger partial charge in [0.25, 0.3) is 0 Å². The highest BCUT2D eigenvalue weighted by Crippen LogP contribution is 2.37. The minimum Gasteiger partial charge on any atom is -0.497 e. The molecule has 4 rings (SSSR count). The van der Waals surface area contributed by atoms with Crippen LogP contribution in [0.25, 0.3) is 5.69 Å². The van der Waals surface area contributed by atoms with E-state index in [1.54, 1.807) is 13.3 Å². The maximum Gasteiger partial charge on any atom is 0.240 e. The molecule has 6 nitrogen and oxygen atoms in total. The molecule has 3 aromatic rings. The van der Waals surface area contributed by atoms with Crippen LogP contribution >= 0.6 is 11.8 Å². The summed E-state index contributed by atoms with van der Waals surface area (Å²) in [5.41, 5.74) is 1.91. The minimum atomic E-state index is -0.374. The molecule has 1 aromatic heterocycles. The quantitative estimate of drug-likeness (QED) is 0.583. The van der Waals surface area contributed by atoms with Gasteiger partial charge < -0.3 is 14.4 Å². The lowest BCUT2D eigenvalue weighted by Crippen LogP contribution is -2.42. The Labute approximate surface area is 174 Å². The maximum atomic E-state index is 13.4. The van der Waals surface area contributed by atoms with Gasteiger partial charge >= 0.3 is 0 Å². The van der Waals surface area contributed by atoms with E-state index in [9.17, 15) is 4.79 Å². The Morgan fingerprint density at radius 2 is 1.93 bits per heavy atom. The largest absolute Gasteiger partial charge is 0.497 e. The van der Waals surface area contributed by atoms with Crippen LogP contribution in [-0.4, -0.2) is 53.8 Å². The topological polar surface area (TPSA) is 56.6 Å². The number of carbonyl (C=O) groups excluding carboxylic acids is 1. The molecule has 0 spiro atoms. The lowest BCUT2D eigenvalue weighted by atomic mass is 10.1. The van der Waals surface area contributed by atoms with E-state index in [-0.39, 0.29) is 11.2 Å². The third kappa shape index (κ3) is 4.46. The molecule has 1 aliphatic rings. The van der Waals surface area contributed by atoms with Crippen molar-refractivity contribution >= 4 is 17.7 Å².